The number of likely N-dealkylation sites (tertiary alicyclic amines) is 1. The van der Waals surface area contributed by atoms with Crippen molar-refractivity contribution in [2.45, 2.75) is 52.1 Å². The molecule has 1 atom stereocenters. The van der Waals surface area contributed by atoms with Gasteiger partial charge in [0.2, 0.25) is 5.91 Å². The second-order valence-corrected chi connectivity index (χ2v) is 7.55. The molecule has 2 fully saturated rings. The Morgan fingerprint density at radius 3 is 2.95 bits per heavy atom. The highest BCUT2D eigenvalue weighted by molar-refractivity contribution is 5.80. The first-order chi connectivity index (χ1) is 10.5. The van der Waals surface area contributed by atoms with Gasteiger partial charge in [-0.25, -0.2) is 0 Å². The molecule has 22 heavy (non-hydrogen) atoms. The summed E-state index contributed by atoms with van der Waals surface area (Å²) in [6.07, 6.45) is 4.48. The summed E-state index contributed by atoms with van der Waals surface area (Å²) in [4.78, 5) is 14.6. The van der Waals surface area contributed by atoms with Gasteiger partial charge in [0.25, 0.3) is 0 Å². The maximum absolute atomic E-state index is 12.6. The first-order valence-corrected chi connectivity index (χ1v) is 8.22. The molecule has 0 radical (unpaired) electrons. The Morgan fingerprint density at radius 1 is 1.50 bits per heavy atom. The van der Waals surface area contributed by atoms with Crippen LogP contribution in [0.3, 0.4) is 0 Å². The topological polar surface area (TPSA) is 55.6 Å². The molecule has 3 rings (SSSR count). The molecule has 1 aromatic rings. The van der Waals surface area contributed by atoms with Crippen molar-refractivity contribution in [3.63, 3.8) is 0 Å². The minimum Gasteiger partial charge on any atom is -0.377 e. The average Bonchev–Trinajstić information content (AvgIpc) is 2.84. The van der Waals surface area contributed by atoms with Gasteiger partial charge in [0.1, 0.15) is 6.61 Å². The van der Waals surface area contributed by atoms with Crippen LogP contribution in [0.4, 0.5) is 0 Å². The van der Waals surface area contributed by atoms with Crippen LogP contribution in [-0.2, 0) is 16.1 Å². The molecule has 1 saturated heterocycles. The van der Waals surface area contributed by atoms with Crippen molar-refractivity contribution in [2.75, 3.05) is 20.2 Å². The van der Waals surface area contributed by atoms with E-state index < -0.39 is 0 Å². The summed E-state index contributed by atoms with van der Waals surface area (Å²) in [7, 11) is 1.64. The van der Waals surface area contributed by atoms with E-state index in [1.54, 1.807) is 7.11 Å². The molecular weight excluding hydrogens is 280 g/mol. The third-order valence-corrected chi connectivity index (χ3v) is 5.03. The second kappa shape index (κ2) is 6.03. The number of methoxy groups -OCH3 is 1. The van der Waals surface area contributed by atoms with Crippen LogP contribution in [0.25, 0.3) is 0 Å². The molecule has 1 unspecified atom stereocenters. The van der Waals surface area contributed by atoms with Gasteiger partial charge in [0, 0.05) is 38.1 Å². The zero-order valence-electron chi connectivity index (χ0n) is 13.8. The Labute approximate surface area is 132 Å². The van der Waals surface area contributed by atoms with E-state index in [-0.39, 0.29) is 5.92 Å². The summed E-state index contributed by atoms with van der Waals surface area (Å²) in [5.41, 5.74) is 1.25. The second-order valence-electron chi connectivity index (χ2n) is 7.55. The van der Waals surface area contributed by atoms with E-state index >= 15 is 0 Å². The normalized spacial score (nSPS) is 25.0. The molecule has 2 aliphatic rings. The molecule has 1 amide bonds. The van der Waals surface area contributed by atoms with Gasteiger partial charge in [0.05, 0.1) is 5.69 Å². The molecule has 1 saturated carbocycles. The van der Waals surface area contributed by atoms with E-state index in [0.29, 0.717) is 23.8 Å². The van der Waals surface area contributed by atoms with Crippen LogP contribution in [0.15, 0.2) is 10.6 Å². The summed E-state index contributed by atoms with van der Waals surface area (Å²) in [5, 5.41) is 4.09. The Bertz CT molecular complexity index is 532. The lowest BCUT2D eigenvalue weighted by Crippen LogP contribution is -2.51. The molecule has 1 aliphatic carbocycles. The van der Waals surface area contributed by atoms with E-state index in [9.17, 15) is 4.79 Å². The van der Waals surface area contributed by atoms with E-state index in [2.05, 4.69) is 19.0 Å². The largest absolute Gasteiger partial charge is 0.377 e. The van der Waals surface area contributed by atoms with E-state index in [0.717, 1.165) is 37.4 Å². The van der Waals surface area contributed by atoms with Crippen molar-refractivity contribution in [1.29, 1.82) is 0 Å². The SMILES string of the molecule is COCc1cc(C2CN(C(=O)C3CCCC(C)(C)C3)C2)no1. The highest BCUT2D eigenvalue weighted by atomic mass is 16.5. The van der Waals surface area contributed by atoms with Crippen molar-refractivity contribution >= 4 is 5.91 Å². The van der Waals surface area contributed by atoms with Crippen molar-refractivity contribution in [3.8, 4) is 0 Å². The minimum absolute atomic E-state index is 0.214. The van der Waals surface area contributed by atoms with Crippen LogP contribution in [0, 0.1) is 11.3 Å². The Hall–Kier alpha value is -1.36. The Kier molecular flexibility index (Phi) is 4.26. The molecule has 5 nitrogen and oxygen atoms in total. The molecule has 5 heteroatoms. The molecule has 0 bridgehead atoms. The van der Waals surface area contributed by atoms with Crippen LogP contribution in [0.1, 0.15) is 56.9 Å². The zero-order valence-corrected chi connectivity index (χ0v) is 13.8. The summed E-state index contributed by atoms with van der Waals surface area (Å²) in [5.74, 6) is 1.61. The van der Waals surface area contributed by atoms with E-state index in [1.807, 2.05) is 11.0 Å². The Morgan fingerprint density at radius 2 is 2.27 bits per heavy atom. The monoisotopic (exact) mass is 306 g/mol. The summed E-state index contributed by atoms with van der Waals surface area (Å²) in [6.45, 7) is 6.54. The molecule has 1 aliphatic heterocycles. The third kappa shape index (κ3) is 3.19. The van der Waals surface area contributed by atoms with Crippen molar-refractivity contribution < 1.29 is 14.1 Å². The van der Waals surface area contributed by atoms with E-state index in [1.165, 1.54) is 12.8 Å². The number of nitrogens with zero attached hydrogens (tertiary/aromatic N) is 2. The van der Waals surface area contributed by atoms with Gasteiger partial charge in [-0.15, -0.1) is 0 Å². The highest BCUT2D eigenvalue weighted by Crippen LogP contribution is 2.40. The van der Waals surface area contributed by atoms with Crippen LogP contribution < -0.4 is 0 Å². The number of carbonyl (C=O) groups excluding carboxylic acids is 1. The number of aromatic nitrogens is 1. The quantitative estimate of drug-likeness (QED) is 0.858. The molecule has 0 spiro atoms. The van der Waals surface area contributed by atoms with Gasteiger partial charge in [-0.05, 0) is 24.7 Å². The molecular formula is C17H26N2O3. The fourth-order valence-electron chi connectivity index (χ4n) is 3.74. The predicted octanol–water partition coefficient (Wildman–Crippen LogP) is 2.96. The third-order valence-electron chi connectivity index (χ3n) is 5.03. The van der Waals surface area contributed by atoms with Crippen molar-refractivity contribution in [3.05, 3.63) is 17.5 Å². The predicted molar refractivity (Wildman–Crippen MR) is 82.3 cm³/mol. The number of ether oxygens (including phenoxy) is 1. The minimum atomic E-state index is 0.214. The lowest BCUT2D eigenvalue weighted by Gasteiger charge is -2.43. The highest BCUT2D eigenvalue weighted by Gasteiger charge is 2.39. The van der Waals surface area contributed by atoms with Gasteiger partial charge < -0.3 is 14.2 Å². The number of hydrogen-bond acceptors (Lipinski definition) is 4. The molecule has 0 N–H and O–H groups in total. The Balaban J connectivity index is 1.53. The number of amides is 1. The smallest absolute Gasteiger partial charge is 0.225 e. The number of rotatable bonds is 4. The van der Waals surface area contributed by atoms with E-state index in [4.69, 9.17) is 9.26 Å². The van der Waals surface area contributed by atoms with Crippen molar-refractivity contribution in [2.24, 2.45) is 11.3 Å². The van der Waals surface area contributed by atoms with Crippen LogP contribution in [-0.4, -0.2) is 36.2 Å². The summed E-state index contributed by atoms with van der Waals surface area (Å²) in [6, 6.07) is 1.94. The average molecular weight is 306 g/mol. The van der Waals surface area contributed by atoms with Gasteiger partial charge >= 0.3 is 0 Å². The number of hydrogen-bond donors (Lipinski definition) is 0. The molecule has 0 aromatic carbocycles. The maximum Gasteiger partial charge on any atom is 0.225 e. The zero-order chi connectivity index (χ0) is 15.7. The maximum atomic E-state index is 12.6. The van der Waals surface area contributed by atoms with Gasteiger partial charge in [-0.1, -0.05) is 25.4 Å². The van der Waals surface area contributed by atoms with Gasteiger partial charge in [-0.3, -0.25) is 4.79 Å². The van der Waals surface area contributed by atoms with Crippen LogP contribution in [0.5, 0.6) is 0 Å². The lowest BCUT2D eigenvalue weighted by atomic mass is 9.71. The van der Waals surface area contributed by atoms with Gasteiger partial charge in [-0.2, -0.15) is 0 Å². The van der Waals surface area contributed by atoms with Crippen LogP contribution >= 0.6 is 0 Å². The summed E-state index contributed by atoms with van der Waals surface area (Å²) < 4.78 is 10.3. The molecule has 2 heterocycles. The standard InChI is InChI=1S/C17H26N2O3/c1-17(2)6-4-5-12(8-17)16(20)19-9-13(10-19)15-7-14(11-21-3)22-18-15/h7,12-13H,4-6,8-11H2,1-3H3. The number of carbonyl (C=O) groups is 1. The fourth-order valence-corrected chi connectivity index (χ4v) is 3.74. The van der Waals surface area contributed by atoms with Crippen molar-refractivity contribution in [1.82, 2.24) is 10.1 Å². The summed E-state index contributed by atoms with van der Waals surface area (Å²) >= 11 is 0. The van der Waals surface area contributed by atoms with Crippen LogP contribution in [0.2, 0.25) is 0 Å². The first-order valence-electron chi connectivity index (χ1n) is 8.22. The molecule has 122 valence electrons. The van der Waals surface area contributed by atoms with Gasteiger partial charge in [0.15, 0.2) is 5.76 Å². The first kappa shape index (κ1) is 15.5. The fraction of sp³-hybridized carbons (Fsp3) is 0.765. The lowest BCUT2D eigenvalue weighted by molar-refractivity contribution is -0.142. The molecule has 1 aromatic heterocycles.